The topological polar surface area (TPSA) is 60.1 Å². The summed E-state index contributed by atoms with van der Waals surface area (Å²) in [5.41, 5.74) is 5.04. The smallest absolute Gasteiger partial charge is 0.150 e. The van der Waals surface area contributed by atoms with E-state index in [2.05, 4.69) is 18.3 Å². The summed E-state index contributed by atoms with van der Waals surface area (Å²) < 4.78 is 13.2. The Bertz CT molecular complexity index is 854. The van der Waals surface area contributed by atoms with Crippen molar-refractivity contribution in [3.8, 4) is 11.8 Å². The molecule has 1 aromatic carbocycles. The van der Waals surface area contributed by atoms with E-state index in [1.54, 1.807) is 7.11 Å². The number of fused-ring (bicyclic) bond motifs is 1. The number of aromatic nitrogens is 2. The minimum atomic E-state index is 0.0519. The molecule has 2 aliphatic rings. The van der Waals surface area contributed by atoms with Gasteiger partial charge in [-0.15, -0.1) is 0 Å². The molecule has 1 unspecified atom stereocenters. The normalized spacial score (nSPS) is 19.7. The van der Waals surface area contributed by atoms with Crippen molar-refractivity contribution in [2.75, 3.05) is 13.7 Å². The first-order chi connectivity index (χ1) is 12.3. The van der Waals surface area contributed by atoms with Gasteiger partial charge in [-0.1, -0.05) is 12.1 Å². The van der Waals surface area contributed by atoms with Crippen LogP contribution in [0.15, 0.2) is 30.5 Å². The van der Waals surface area contributed by atoms with Crippen molar-refractivity contribution < 1.29 is 9.47 Å². The summed E-state index contributed by atoms with van der Waals surface area (Å²) in [6.45, 7) is 0.810. The summed E-state index contributed by atoms with van der Waals surface area (Å²) in [6, 6.07) is 7.90. The SMILES string of the molecule is COc1cc(C2=CCCc3nn(C4CCCCO4)cc32)ccc1C#N. The Labute approximate surface area is 147 Å². The molecule has 1 aromatic heterocycles. The van der Waals surface area contributed by atoms with Crippen molar-refractivity contribution >= 4 is 5.57 Å². The minimum Gasteiger partial charge on any atom is -0.495 e. The fraction of sp³-hybridized carbons (Fsp3) is 0.400. The van der Waals surface area contributed by atoms with Crippen molar-refractivity contribution in [1.82, 2.24) is 9.78 Å². The van der Waals surface area contributed by atoms with Crippen LogP contribution in [0.1, 0.15) is 54.3 Å². The first kappa shape index (κ1) is 15.9. The van der Waals surface area contributed by atoms with Gasteiger partial charge in [-0.25, -0.2) is 4.68 Å². The first-order valence-electron chi connectivity index (χ1n) is 8.79. The standard InChI is InChI=1S/C20H21N3O2/c1-24-19-11-14(8-9-15(19)12-21)16-5-4-6-18-17(16)13-23(22-18)20-7-2-3-10-25-20/h5,8-9,11,13,20H,2-4,6-7,10H2,1H3. The second-order valence-electron chi connectivity index (χ2n) is 6.47. The van der Waals surface area contributed by atoms with E-state index in [0.29, 0.717) is 11.3 Å². The van der Waals surface area contributed by atoms with Gasteiger partial charge < -0.3 is 9.47 Å². The zero-order chi connectivity index (χ0) is 17.2. The highest BCUT2D eigenvalue weighted by Gasteiger charge is 2.23. The first-order valence-corrected chi connectivity index (χ1v) is 8.79. The Kier molecular flexibility index (Phi) is 4.29. The molecule has 1 atom stereocenters. The highest BCUT2D eigenvalue weighted by atomic mass is 16.5. The van der Waals surface area contributed by atoms with E-state index in [1.165, 1.54) is 6.42 Å². The molecule has 1 fully saturated rings. The average molecular weight is 335 g/mol. The zero-order valence-corrected chi connectivity index (χ0v) is 14.4. The average Bonchev–Trinajstić information content (AvgIpc) is 3.12. The number of nitrogens with zero attached hydrogens (tertiary/aromatic N) is 3. The number of rotatable bonds is 3. The van der Waals surface area contributed by atoms with Crippen molar-refractivity contribution in [3.05, 3.63) is 52.9 Å². The second kappa shape index (κ2) is 6.73. The van der Waals surface area contributed by atoms with Crippen LogP contribution >= 0.6 is 0 Å². The molecule has 128 valence electrons. The molecule has 1 aliphatic carbocycles. The third-order valence-corrected chi connectivity index (χ3v) is 4.91. The van der Waals surface area contributed by atoms with Gasteiger partial charge in [0.1, 0.15) is 18.0 Å². The molecule has 0 spiro atoms. The van der Waals surface area contributed by atoms with Gasteiger partial charge in [-0.3, -0.25) is 0 Å². The predicted molar refractivity (Wildman–Crippen MR) is 94.2 cm³/mol. The number of hydrogen-bond donors (Lipinski definition) is 0. The highest BCUT2D eigenvalue weighted by Crippen LogP contribution is 2.35. The number of benzene rings is 1. The number of allylic oxidation sites excluding steroid dienone is 1. The predicted octanol–water partition coefficient (Wildman–Crippen LogP) is 3.84. The van der Waals surface area contributed by atoms with Crippen LogP contribution in [-0.4, -0.2) is 23.5 Å². The molecule has 5 nitrogen and oxygen atoms in total. The Morgan fingerprint density at radius 3 is 3.04 bits per heavy atom. The van der Waals surface area contributed by atoms with Crippen LogP contribution in [0.2, 0.25) is 0 Å². The number of nitriles is 1. The van der Waals surface area contributed by atoms with Crippen LogP contribution in [0.3, 0.4) is 0 Å². The molecule has 0 N–H and O–H groups in total. The Morgan fingerprint density at radius 1 is 1.36 bits per heavy atom. The molecule has 1 saturated heterocycles. The van der Waals surface area contributed by atoms with Crippen LogP contribution < -0.4 is 4.74 Å². The molecule has 0 amide bonds. The Hall–Kier alpha value is -2.58. The van der Waals surface area contributed by atoms with Crippen LogP contribution in [0.4, 0.5) is 0 Å². The fourth-order valence-electron chi connectivity index (χ4n) is 3.61. The number of aryl methyl sites for hydroxylation is 1. The fourth-order valence-corrected chi connectivity index (χ4v) is 3.61. The van der Waals surface area contributed by atoms with E-state index in [4.69, 9.17) is 14.6 Å². The van der Waals surface area contributed by atoms with Crippen molar-refractivity contribution in [2.45, 2.75) is 38.3 Å². The quantitative estimate of drug-likeness (QED) is 0.855. The third kappa shape index (κ3) is 2.94. The van der Waals surface area contributed by atoms with Gasteiger partial charge in [-0.2, -0.15) is 10.4 Å². The van der Waals surface area contributed by atoms with Crippen molar-refractivity contribution in [2.24, 2.45) is 0 Å². The minimum absolute atomic E-state index is 0.0519. The van der Waals surface area contributed by atoms with Gasteiger partial charge in [0.05, 0.1) is 18.4 Å². The van der Waals surface area contributed by atoms with Crippen LogP contribution in [0.5, 0.6) is 5.75 Å². The molecule has 2 heterocycles. The van der Waals surface area contributed by atoms with Crippen LogP contribution in [0, 0.1) is 11.3 Å². The second-order valence-corrected chi connectivity index (χ2v) is 6.47. The van der Waals surface area contributed by atoms with E-state index in [9.17, 15) is 5.26 Å². The maximum atomic E-state index is 9.18. The lowest BCUT2D eigenvalue weighted by Crippen LogP contribution is -2.18. The number of methoxy groups -OCH3 is 1. The molecule has 5 heteroatoms. The van der Waals surface area contributed by atoms with E-state index in [-0.39, 0.29) is 6.23 Å². The van der Waals surface area contributed by atoms with E-state index in [1.807, 2.05) is 22.9 Å². The molecule has 0 saturated carbocycles. The molecule has 25 heavy (non-hydrogen) atoms. The monoisotopic (exact) mass is 335 g/mol. The molecule has 2 aromatic rings. The van der Waals surface area contributed by atoms with Gasteiger partial charge in [0.2, 0.25) is 0 Å². The maximum Gasteiger partial charge on any atom is 0.150 e. The lowest BCUT2D eigenvalue weighted by molar-refractivity contribution is -0.0396. The van der Waals surface area contributed by atoms with Gasteiger partial charge in [0.25, 0.3) is 0 Å². The molecular weight excluding hydrogens is 314 g/mol. The molecule has 1 aliphatic heterocycles. The summed E-state index contributed by atoms with van der Waals surface area (Å²) in [4.78, 5) is 0. The molecule has 0 bridgehead atoms. The third-order valence-electron chi connectivity index (χ3n) is 4.91. The Balaban J connectivity index is 1.70. The largest absolute Gasteiger partial charge is 0.495 e. The Morgan fingerprint density at radius 2 is 2.28 bits per heavy atom. The van der Waals surface area contributed by atoms with E-state index >= 15 is 0 Å². The van der Waals surface area contributed by atoms with Crippen LogP contribution in [-0.2, 0) is 11.2 Å². The van der Waals surface area contributed by atoms with E-state index in [0.717, 1.165) is 54.7 Å². The highest BCUT2D eigenvalue weighted by molar-refractivity contribution is 5.82. The zero-order valence-electron chi connectivity index (χ0n) is 14.4. The summed E-state index contributed by atoms with van der Waals surface area (Å²) in [5, 5.41) is 14.0. The van der Waals surface area contributed by atoms with Gasteiger partial charge in [0, 0.05) is 18.4 Å². The maximum absolute atomic E-state index is 9.18. The van der Waals surface area contributed by atoms with Crippen LogP contribution in [0.25, 0.3) is 5.57 Å². The van der Waals surface area contributed by atoms with Gasteiger partial charge in [-0.05, 0) is 55.4 Å². The van der Waals surface area contributed by atoms with Gasteiger partial charge >= 0.3 is 0 Å². The molecular formula is C20H21N3O2. The van der Waals surface area contributed by atoms with Crippen molar-refractivity contribution in [1.29, 1.82) is 5.26 Å². The lowest BCUT2D eigenvalue weighted by Gasteiger charge is -2.22. The summed E-state index contributed by atoms with van der Waals surface area (Å²) in [6.07, 6.45) is 9.66. The molecule has 4 rings (SSSR count). The van der Waals surface area contributed by atoms with E-state index < -0.39 is 0 Å². The summed E-state index contributed by atoms with van der Waals surface area (Å²) in [7, 11) is 1.60. The van der Waals surface area contributed by atoms with Crippen molar-refractivity contribution in [3.63, 3.8) is 0 Å². The lowest BCUT2D eigenvalue weighted by atomic mass is 9.91. The summed E-state index contributed by atoms with van der Waals surface area (Å²) in [5.74, 6) is 0.607. The summed E-state index contributed by atoms with van der Waals surface area (Å²) >= 11 is 0. The number of ether oxygens (including phenoxy) is 2. The van der Waals surface area contributed by atoms with Gasteiger partial charge in [0.15, 0.2) is 0 Å². The number of hydrogen-bond acceptors (Lipinski definition) is 4. The molecule has 0 radical (unpaired) electrons.